The fourth-order valence-electron chi connectivity index (χ4n) is 6.72. The number of fused-ring (bicyclic) bond motifs is 3. The Labute approximate surface area is 130 Å². The number of rotatable bonds is 1. The second kappa shape index (κ2) is 4.87. The summed E-state index contributed by atoms with van der Waals surface area (Å²) in [6.07, 6.45) is 12.4. The summed E-state index contributed by atoms with van der Waals surface area (Å²) in [5, 5.41) is 9.45. The number of nitrogens with zero attached hydrogens (tertiary/aromatic N) is 1. The molecule has 3 aliphatic rings. The normalized spacial score (nSPS) is 45.0. The van der Waals surface area contributed by atoms with Crippen LogP contribution in [0.1, 0.15) is 79.1 Å². The highest BCUT2D eigenvalue weighted by Gasteiger charge is 2.59. The Morgan fingerprint density at radius 2 is 1.95 bits per heavy atom. The highest BCUT2D eigenvalue weighted by molar-refractivity contribution is 5.19. The molecule has 3 aliphatic carbocycles. The van der Waals surface area contributed by atoms with Gasteiger partial charge in [-0.1, -0.05) is 38.8 Å². The van der Waals surface area contributed by atoms with Crippen LogP contribution in [0.4, 0.5) is 0 Å². The molecule has 0 aromatic rings. The molecule has 0 aromatic heterocycles. The van der Waals surface area contributed by atoms with Gasteiger partial charge in [-0.25, -0.2) is 0 Å². The molecule has 21 heavy (non-hydrogen) atoms. The van der Waals surface area contributed by atoms with Gasteiger partial charge < -0.3 is 0 Å². The minimum Gasteiger partial charge on any atom is -0.198 e. The fourth-order valence-corrected chi connectivity index (χ4v) is 6.72. The van der Waals surface area contributed by atoms with E-state index < -0.39 is 0 Å². The quantitative estimate of drug-likeness (QED) is 0.553. The Bertz CT molecular complexity index is 494. The van der Waals surface area contributed by atoms with E-state index in [0.717, 1.165) is 18.3 Å². The van der Waals surface area contributed by atoms with Gasteiger partial charge in [0.1, 0.15) is 0 Å². The summed E-state index contributed by atoms with van der Waals surface area (Å²) in [5.41, 5.74) is 2.75. The summed E-state index contributed by atoms with van der Waals surface area (Å²) in [5.74, 6) is 1.58. The maximum atomic E-state index is 9.45. The zero-order chi connectivity index (χ0) is 15.3. The lowest BCUT2D eigenvalue weighted by atomic mass is 9.40. The lowest BCUT2D eigenvalue weighted by Crippen LogP contribution is -2.56. The molecule has 2 saturated carbocycles. The molecule has 1 heteroatoms. The van der Waals surface area contributed by atoms with Crippen LogP contribution < -0.4 is 0 Å². The van der Waals surface area contributed by atoms with Gasteiger partial charge in [0.2, 0.25) is 0 Å². The molecule has 0 bridgehead atoms. The third-order valence-corrected chi connectivity index (χ3v) is 7.51. The van der Waals surface area contributed by atoms with Crippen molar-refractivity contribution < 1.29 is 0 Å². The number of hydrogen-bond acceptors (Lipinski definition) is 1. The van der Waals surface area contributed by atoms with Crippen molar-refractivity contribution in [3.05, 3.63) is 11.6 Å². The topological polar surface area (TPSA) is 23.8 Å². The SMILES string of the molecule is CC1=CC[C@@H]2[C@](CC#N)(CC[C@@H]3C(C)(C)CCC[C@]32C)C1. The Balaban J connectivity index is 2.02. The first-order valence-electron chi connectivity index (χ1n) is 8.87. The summed E-state index contributed by atoms with van der Waals surface area (Å²) in [4.78, 5) is 0. The largest absolute Gasteiger partial charge is 0.198 e. The highest BCUT2D eigenvalue weighted by atomic mass is 14.6. The lowest BCUT2D eigenvalue weighted by Gasteiger charge is -2.64. The predicted octanol–water partition coefficient (Wildman–Crippen LogP) is 5.87. The molecule has 2 fully saturated rings. The predicted molar refractivity (Wildman–Crippen MR) is 87.6 cm³/mol. The summed E-state index contributed by atoms with van der Waals surface area (Å²) in [6.45, 7) is 9.84. The second-order valence-corrected chi connectivity index (χ2v) is 9.15. The van der Waals surface area contributed by atoms with Crippen LogP contribution in [-0.4, -0.2) is 0 Å². The number of nitriles is 1. The molecule has 0 amide bonds. The van der Waals surface area contributed by atoms with Gasteiger partial charge in [-0.3, -0.25) is 0 Å². The first-order chi connectivity index (χ1) is 9.84. The van der Waals surface area contributed by atoms with Crippen LogP contribution in [0.3, 0.4) is 0 Å². The molecular weight excluding hydrogens is 254 g/mol. The monoisotopic (exact) mass is 285 g/mol. The van der Waals surface area contributed by atoms with Gasteiger partial charge >= 0.3 is 0 Å². The van der Waals surface area contributed by atoms with Crippen molar-refractivity contribution >= 4 is 0 Å². The Kier molecular flexibility index (Phi) is 3.51. The van der Waals surface area contributed by atoms with Crippen LogP contribution in [-0.2, 0) is 0 Å². The summed E-state index contributed by atoms with van der Waals surface area (Å²) in [7, 11) is 0. The van der Waals surface area contributed by atoms with E-state index in [1.54, 1.807) is 0 Å². The van der Waals surface area contributed by atoms with Crippen LogP contribution in [0.5, 0.6) is 0 Å². The molecule has 0 heterocycles. The molecule has 0 aromatic carbocycles. The van der Waals surface area contributed by atoms with Crippen molar-refractivity contribution in [2.24, 2.45) is 28.1 Å². The molecule has 0 saturated heterocycles. The summed E-state index contributed by atoms with van der Waals surface area (Å²) < 4.78 is 0. The van der Waals surface area contributed by atoms with Crippen molar-refractivity contribution in [1.82, 2.24) is 0 Å². The first kappa shape index (κ1) is 15.1. The minimum absolute atomic E-state index is 0.284. The van der Waals surface area contributed by atoms with Gasteiger partial charge in [-0.05, 0) is 73.5 Å². The zero-order valence-electron chi connectivity index (χ0n) is 14.3. The second-order valence-electron chi connectivity index (χ2n) is 9.15. The average molecular weight is 285 g/mol. The third kappa shape index (κ3) is 2.18. The van der Waals surface area contributed by atoms with Gasteiger partial charge in [0.15, 0.2) is 0 Å². The van der Waals surface area contributed by atoms with E-state index in [1.165, 1.54) is 50.5 Å². The van der Waals surface area contributed by atoms with Crippen LogP contribution in [0.15, 0.2) is 11.6 Å². The van der Waals surface area contributed by atoms with Crippen molar-refractivity contribution in [3.63, 3.8) is 0 Å². The Morgan fingerprint density at radius 3 is 2.67 bits per heavy atom. The molecule has 4 atom stereocenters. The average Bonchev–Trinajstić information content (AvgIpc) is 2.37. The first-order valence-corrected chi connectivity index (χ1v) is 8.87. The maximum absolute atomic E-state index is 9.45. The molecule has 0 N–H and O–H groups in total. The molecule has 0 aliphatic heterocycles. The summed E-state index contributed by atoms with van der Waals surface area (Å²) >= 11 is 0. The third-order valence-electron chi connectivity index (χ3n) is 7.51. The highest BCUT2D eigenvalue weighted by Crippen LogP contribution is 2.67. The standard InChI is InChI=1S/C20H31N/c1-15-6-7-17-19(4)10-5-9-18(2,3)16(19)8-11-20(17,14-15)12-13-21/h6,16-17H,5,7-12,14H2,1-4H3/t16-,17+,19-,20+/m1/s1. The van der Waals surface area contributed by atoms with E-state index in [0.29, 0.717) is 10.8 Å². The smallest absolute Gasteiger partial charge is 0.0627 e. The summed E-state index contributed by atoms with van der Waals surface area (Å²) in [6, 6.07) is 2.55. The van der Waals surface area contributed by atoms with Crippen LogP contribution >= 0.6 is 0 Å². The number of allylic oxidation sites excluding steroid dienone is 2. The fraction of sp³-hybridized carbons (Fsp3) is 0.850. The van der Waals surface area contributed by atoms with Gasteiger partial charge in [-0.2, -0.15) is 5.26 Å². The van der Waals surface area contributed by atoms with E-state index in [-0.39, 0.29) is 5.41 Å². The lowest BCUT2D eigenvalue weighted by molar-refractivity contribution is -0.134. The Hall–Kier alpha value is -0.770. The van der Waals surface area contributed by atoms with Crippen LogP contribution in [0.25, 0.3) is 0 Å². The molecular formula is C20H31N. The maximum Gasteiger partial charge on any atom is 0.0627 e. The van der Waals surface area contributed by atoms with E-state index in [9.17, 15) is 5.26 Å². The van der Waals surface area contributed by atoms with Crippen molar-refractivity contribution in [2.75, 3.05) is 0 Å². The van der Waals surface area contributed by atoms with E-state index in [2.05, 4.69) is 39.8 Å². The molecule has 0 unspecified atom stereocenters. The minimum atomic E-state index is 0.284. The van der Waals surface area contributed by atoms with E-state index >= 15 is 0 Å². The van der Waals surface area contributed by atoms with E-state index in [1.807, 2.05) is 0 Å². The van der Waals surface area contributed by atoms with Gasteiger partial charge in [-0.15, -0.1) is 0 Å². The van der Waals surface area contributed by atoms with Crippen molar-refractivity contribution in [3.8, 4) is 6.07 Å². The van der Waals surface area contributed by atoms with Gasteiger partial charge in [0.05, 0.1) is 6.07 Å². The van der Waals surface area contributed by atoms with Crippen molar-refractivity contribution in [2.45, 2.75) is 79.1 Å². The molecule has 0 radical (unpaired) electrons. The van der Waals surface area contributed by atoms with Crippen LogP contribution in [0, 0.1) is 39.4 Å². The van der Waals surface area contributed by atoms with E-state index in [4.69, 9.17) is 0 Å². The van der Waals surface area contributed by atoms with Crippen molar-refractivity contribution in [1.29, 1.82) is 5.26 Å². The van der Waals surface area contributed by atoms with Gasteiger partial charge in [0, 0.05) is 6.42 Å². The number of hydrogen-bond donors (Lipinski definition) is 0. The molecule has 0 spiro atoms. The zero-order valence-corrected chi connectivity index (χ0v) is 14.3. The van der Waals surface area contributed by atoms with Gasteiger partial charge in [0.25, 0.3) is 0 Å². The molecule has 3 rings (SSSR count). The Morgan fingerprint density at radius 1 is 1.19 bits per heavy atom. The van der Waals surface area contributed by atoms with Crippen LogP contribution in [0.2, 0.25) is 0 Å². The molecule has 116 valence electrons. The molecule has 1 nitrogen and oxygen atoms in total.